The van der Waals surface area contributed by atoms with Crippen LogP contribution in [0.5, 0.6) is 0 Å². The minimum Gasteiger partial charge on any atom is -0.284 e. The number of sulfonamides is 1. The lowest BCUT2D eigenvalue weighted by atomic mass is 10.3. The molecule has 2 N–H and O–H groups in total. The molecule has 1 aromatic carbocycles. The third kappa shape index (κ3) is 2.64. The molecule has 0 bridgehead atoms. The van der Waals surface area contributed by atoms with Crippen LogP contribution in [0.2, 0.25) is 0 Å². The molecular weight excluding hydrogens is 313 g/mol. The van der Waals surface area contributed by atoms with E-state index >= 15 is 0 Å². The van der Waals surface area contributed by atoms with E-state index in [1.807, 2.05) is 0 Å². The summed E-state index contributed by atoms with van der Waals surface area (Å²) in [5.41, 5.74) is 0.257. The van der Waals surface area contributed by atoms with E-state index in [0.29, 0.717) is 4.47 Å². The number of nitrogens with zero attached hydrogens (tertiary/aromatic N) is 1. The highest BCUT2D eigenvalue weighted by atomic mass is 79.9. The Morgan fingerprint density at radius 2 is 2.18 bits per heavy atom. The molecular formula is C9H7BrFN3O2S. The Kier molecular flexibility index (Phi) is 3.16. The van der Waals surface area contributed by atoms with Gasteiger partial charge in [0, 0.05) is 10.7 Å². The predicted octanol–water partition coefficient (Wildman–Crippen LogP) is 2.11. The van der Waals surface area contributed by atoms with Gasteiger partial charge in [0.25, 0.3) is 10.0 Å². The molecule has 0 spiro atoms. The molecule has 0 fully saturated rings. The molecule has 0 atom stereocenters. The SMILES string of the molecule is O=S(=O)(Nc1ccc(F)cc1Br)c1cn[nH]c1. The second-order valence-electron chi connectivity index (χ2n) is 3.16. The molecule has 0 unspecified atom stereocenters. The highest BCUT2D eigenvalue weighted by Crippen LogP contribution is 2.25. The van der Waals surface area contributed by atoms with Crippen LogP contribution in [0.25, 0.3) is 0 Å². The van der Waals surface area contributed by atoms with Crippen molar-refractivity contribution in [3.63, 3.8) is 0 Å². The largest absolute Gasteiger partial charge is 0.284 e. The zero-order valence-electron chi connectivity index (χ0n) is 8.31. The smallest absolute Gasteiger partial charge is 0.265 e. The summed E-state index contributed by atoms with van der Waals surface area (Å²) in [7, 11) is -3.70. The molecule has 8 heteroatoms. The van der Waals surface area contributed by atoms with Crippen molar-refractivity contribution < 1.29 is 12.8 Å². The van der Waals surface area contributed by atoms with Gasteiger partial charge >= 0.3 is 0 Å². The van der Waals surface area contributed by atoms with Crippen molar-refractivity contribution in [3.8, 4) is 0 Å². The minimum absolute atomic E-state index is 0.00808. The molecule has 90 valence electrons. The van der Waals surface area contributed by atoms with Crippen molar-refractivity contribution in [3.05, 3.63) is 40.9 Å². The van der Waals surface area contributed by atoms with Crippen LogP contribution < -0.4 is 4.72 Å². The topological polar surface area (TPSA) is 74.8 Å². The van der Waals surface area contributed by atoms with Crippen LogP contribution in [0, 0.1) is 5.82 Å². The maximum absolute atomic E-state index is 12.8. The number of halogens is 2. The van der Waals surface area contributed by atoms with Crippen molar-refractivity contribution in [1.82, 2.24) is 10.2 Å². The fourth-order valence-corrected chi connectivity index (χ4v) is 2.73. The van der Waals surface area contributed by atoms with Crippen LogP contribution >= 0.6 is 15.9 Å². The lowest BCUT2D eigenvalue weighted by Crippen LogP contribution is -2.12. The quantitative estimate of drug-likeness (QED) is 0.909. The number of aromatic nitrogens is 2. The van der Waals surface area contributed by atoms with Gasteiger partial charge < -0.3 is 0 Å². The lowest BCUT2D eigenvalue weighted by molar-refractivity contribution is 0.601. The summed E-state index contributed by atoms with van der Waals surface area (Å²) in [5.74, 6) is -0.455. The summed E-state index contributed by atoms with van der Waals surface area (Å²) in [6, 6.07) is 3.67. The van der Waals surface area contributed by atoms with Crippen molar-refractivity contribution >= 4 is 31.6 Å². The molecule has 5 nitrogen and oxygen atoms in total. The van der Waals surface area contributed by atoms with E-state index in [2.05, 4.69) is 30.8 Å². The molecule has 0 aliphatic heterocycles. The average Bonchev–Trinajstić information content (AvgIpc) is 2.76. The molecule has 0 amide bonds. The van der Waals surface area contributed by atoms with Gasteiger partial charge in [-0.3, -0.25) is 9.82 Å². The molecule has 1 heterocycles. The number of H-pyrrole nitrogens is 1. The Morgan fingerprint density at radius 1 is 1.41 bits per heavy atom. The Morgan fingerprint density at radius 3 is 2.76 bits per heavy atom. The van der Waals surface area contributed by atoms with E-state index in [-0.39, 0.29) is 10.6 Å². The van der Waals surface area contributed by atoms with Gasteiger partial charge in [0.1, 0.15) is 10.7 Å². The maximum atomic E-state index is 12.8. The molecule has 2 rings (SSSR count). The summed E-state index contributed by atoms with van der Waals surface area (Å²) < 4.78 is 39.1. The second-order valence-corrected chi connectivity index (χ2v) is 5.70. The first-order valence-electron chi connectivity index (χ1n) is 4.46. The number of hydrogen-bond donors (Lipinski definition) is 2. The van der Waals surface area contributed by atoms with E-state index in [4.69, 9.17) is 0 Å². The number of aromatic amines is 1. The number of hydrogen-bond acceptors (Lipinski definition) is 3. The monoisotopic (exact) mass is 319 g/mol. The molecule has 1 aromatic heterocycles. The zero-order valence-corrected chi connectivity index (χ0v) is 10.7. The Labute approximate surface area is 105 Å². The molecule has 0 aliphatic rings. The highest BCUT2D eigenvalue weighted by molar-refractivity contribution is 9.10. The molecule has 0 radical (unpaired) electrons. The fraction of sp³-hybridized carbons (Fsp3) is 0. The number of anilines is 1. The minimum atomic E-state index is -3.70. The Balaban J connectivity index is 2.33. The van der Waals surface area contributed by atoms with Gasteiger partial charge in [-0.15, -0.1) is 0 Å². The van der Waals surface area contributed by atoms with E-state index in [1.54, 1.807) is 0 Å². The molecule has 0 aliphatic carbocycles. The third-order valence-corrected chi connectivity index (χ3v) is 3.95. The first-order valence-corrected chi connectivity index (χ1v) is 6.73. The maximum Gasteiger partial charge on any atom is 0.265 e. The summed E-state index contributed by atoms with van der Waals surface area (Å²) in [6.45, 7) is 0. The Hall–Kier alpha value is -1.41. The van der Waals surface area contributed by atoms with Crippen LogP contribution in [0.1, 0.15) is 0 Å². The predicted molar refractivity (Wildman–Crippen MR) is 63.5 cm³/mol. The molecule has 0 saturated heterocycles. The molecule has 0 saturated carbocycles. The molecule has 2 aromatic rings. The van der Waals surface area contributed by atoms with Crippen molar-refractivity contribution in [2.75, 3.05) is 4.72 Å². The van der Waals surface area contributed by atoms with Crippen LogP contribution in [0.3, 0.4) is 0 Å². The van der Waals surface area contributed by atoms with Gasteiger partial charge in [-0.1, -0.05) is 0 Å². The lowest BCUT2D eigenvalue weighted by Gasteiger charge is -2.07. The highest BCUT2D eigenvalue weighted by Gasteiger charge is 2.16. The third-order valence-electron chi connectivity index (χ3n) is 1.96. The first kappa shape index (κ1) is 12.1. The second kappa shape index (κ2) is 4.46. The standard InChI is InChI=1S/C9H7BrFN3O2S/c10-8-3-6(11)1-2-9(8)14-17(15,16)7-4-12-13-5-7/h1-5,14H,(H,12,13). The summed E-state index contributed by atoms with van der Waals surface area (Å²) in [4.78, 5) is 0.00808. The van der Waals surface area contributed by atoms with Gasteiger partial charge in [0.2, 0.25) is 0 Å². The fourth-order valence-electron chi connectivity index (χ4n) is 1.16. The van der Waals surface area contributed by atoms with Crippen molar-refractivity contribution in [1.29, 1.82) is 0 Å². The van der Waals surface area contributed by atoms with Crippen LogP contribution in [0.4, 0.5) is 10.1 Å². The zero-order chi connectivity index (χ0) is 12.5. The van der Waals surface area contributed by atoms with Gasteiger partial charge in [0.05, 0.1) is 11.9 Å². The van der Waals surface area contributed by atoms with E-state index < -0.39 is 15.8 Å². The van der Waals surface area contributed by atoms with E-state index in [1.165, 1.54) is 24.5 Å². The van der Waals surface area contributed by atoms with Gasteiger partial charge in [-0.2, -0.15) is 5.10 Å². The number of benzene rings is 1. The van der Waals surface area contributed by atoms with Crippen LogP contribution in [0.15, 0.2) is 40.0 Å². The number of rotatable bonds is 3. The summed E-state index contributed by atoms with van der Waals surface area (Å²) in [5, 5.41) is 5.96. The molecule has 17 heavy (non-hydrogen) atoms. The summed E-state index contributed by atoms with van der Waals surface area (Å²) >= 11 is 3.07. The normalized spacial score (nSPS) is 11.4. The Bertz CT molecular complexity index is 628. The van der Waals surface area contributed by atoms with Crippen molar-refractivity contribution in [2.45, 2.75) is 4.90 Å². The van der Waals surface area contributed by atoms with Gasteiger partial charge in [0.15, 0.2) is 0 Å². The van der Waals surface area contributed by atoms with E-state index in [9.17, 15) is 12.8 Å². The van der Waals surface area contributed by atoms with Crippen LogP contribution in [-0.4, -0.2) is 18.6 Å². The van der Waals surface area contributed by atoms with E-state index in [0.717, 1.165) is 6.07 Å². The van der Waals surface area contributed by atoms with Gasteiger partial charge in [-0.25, -0.2) is 12.8 Å². The average molecular weight is 320 g/mol. The van der Waals surface area contributed by atoms with Crippen molar-refractivity contribution in [2.24, 2.45) is 0 Å². The van der Waals surface area contributed by atoms with Gasteiger partial charge in [-0.05, 0) is 34.1 Å². The first-order chi connectivity index (χ1) is 7.99. The summed E-state index contributed by atoms with van der Waals surface area (Å²) in [6.07, 6.45) is 2.43. The van der Waals surface area contributed by atoms with Crippen LogP contribution in [-0.2, 0) is 10.0 Å². The number of nitrogens with one attached hydrogen (secondary N) is 2.